The Labute approximate surface area is 320 Å². The van der Waals surface area contributed by atoms with Gasteiger partial charge in [-0.15, -0.1) is 0 Å². The molecular formula is C37H38O20. The van der Waals surface area contributed by atoms with Crippen LogP contribution in [0.1, 0.15) is 5.56 Å². The first-order chi connectivity index (χ1) is 27.1. The van der Waals surface area contributed by atoms with Gasteiger partial charge < -0.3 is 89.0 Å². The van der Waals surface area contributed by atoms with Crippen molar-refractivity contribution in [1.29, 1.82) is 0 Å². The molecule has 0 radical (unpaired) electrons. The van der Waals surface area contributed by atoms with Crippen molar-refractivity contribution < 1.29 is 93.8 Å². The first kappa shape index (κ1) is 41.0. The van der Waals surface area contributed by atoms with E-state index in [1.165, 1.54) is 37.5 Å². The Hall–Kier alpha value is -5.68. The molecular weight excluding hydrogens is 764 g/mol. The summed E-state index contributed by atoms with van der Waals surface area (Å²) in [4.78, 5) is 26.5. The minimum Gasteiger partial charge on any atom is -0.508 e. The second-order valence-electron chi connectivity index (χ2n) is 13.0. The highest BCUT2D eigenvalue weighted by molar-refractivity contribution is 5.88. The molecule has 0 aliphatic carbocycles. The zero-order chi connectivity index (χ0) is 41.3. The normalized spacial score (nSPS) is 27.7. The van der Waals surface area contributed by atoms with E-state index in [9.17, 15) is 65.8 Å². The number of rotatable bonds is 11. The molecule has 306 valence electrons. The van der Waals surface area contributed by atoms with Crippen LogP contribution in [-0.2, 0) is 23.7 Å². The minimum absolute atomic E-state index is 0.104. The highest BCUT2D eigenvalue weighted by Crippen LogP contribution is 2.40. The van der Waals surface area contributed by atoms with Gasteiger partial charge in [0.15, 0.2) is 41.2 Å². The number of aromatic hydroxyl groups is 5. The molecule has 1 aromatic heterocycles. The maximum Gasteiger partial charge on any atom is 0.330 e. The monoisotopic (exact) mass is 802 g/mol. The molecule has 2 aliphatic rings. The number of methoxy groups -OCH3 is 1. The summed E-state index contributed by atoms with van der Waals surface area (Å²) < 4.78 is 39.0. The van der Waals surface area contributed by atoms with E-state index in [1.807, 2.05) is 0 Å². The van der Waals surface area contributed by atoms with Crippen molar-refractivity contribution in [1.82, 2.24) is 0 Å². The van der Waals surface area contributed by atoms with Gasteiger partial charge in [0.05, 0.1) is 13.7 Å². The third-order valence-electron chi connectivity index (χ3n) is 9.18. The highest BCUT2D eigenvalue weighted by Gasteiger charge is 2.52. The molecule has 0 bridgehead atoms. The summed E-state index contributed by atoms with van der Waals surface area (Å²) in [7, 11) is 1.34. The molecule has 0 saturated carbocycles. The average molecular weight is 803 g/mol. The predicted molar refractivity (Wildman–Crippen MR) is 189 cm³/mol. The van der Waals surface area contributed by atoms with Crippen LogP contribution in [0.3, 0.4) is 0 Å². The van der Waals surface area contributed by atoms with Gasteiger partial charge in [0.1, 0.15) is 71.8 Å². The number of phenols is 5. The summed E-state index contributed by atoms with van der Waals surface area (Å²) in [6.07, 6.45) is -16.7. The summed E-state index contributed by atoms with van der Waals surface area (Å²) in [6, 6.07) is 9.31. The maximum absolute atomic E-state index is 14.0. The van der Waals surface area contributed by atoms with Crippen LogP contribution in [0.25, 0.3) is 28.4 Å². The summed E-state index contributed by atoms with van der Waals surface area (Å²) in [5, 5.41) is 114. The first-order valence-corrected chi connectivity index (χ1v) is 17.0. The molecule has 3 aromatic carbocycles. The number of aliphatic hydroxyl groups excluding tert-OH is 6. The maximum atomic E-state index is 14.0. The van der Waals surface area contributed by atoms with Crippen molar-refractivity contribution in [3.05, 3.63) is 70.4 Å². The molecule has 57 heavy (non-hydrogen) atoms. The Morgan fingerprint density at radius 2 is 1.47 bits per heavy atom. The smallest absolute Gasteiger partial charge is 0.330 e. The fraction of sp³-hybridized carbons (Fsp3) is 0.351. The number of hydrogen-bond acceptors (Lipinski definition) is 20. The minimum atomic E-state index is -2.07. The van der Waals surface area contributed by atoms with Crippen molar-refractivity contribution >= 4 is 23.0 Å². The fourth-order valence-corrected chi connectivity index (χ4v) is 6.14. The molecule has 0 amide bonds. The lowest BCUT2D eigenvalue weighted by molar-refractivity contribution is -0.358. The van der Waals surface area contributed by atoms with Crippen LogP contribution in [0, 0.1) is 0 Å². The molecule has 0 unspecified atom stereocenters. The molecule has 3 heterocycles. The lowest BCUT2D eigenvalue weighted by Gasteiger charge is -2.45. The van der Waals surface area contributed by atoms with Gasteiger partial charge in [-0.25, -0.2) is 4.79 Å². The third-order valence-corrected chi connectivity index (χ3v) is 9.18. The number of benzene rings is 3. The van der Waals surface area contributed by atoms with E-state index >= 15 is 0 Å². The Bertz CT molecular complexity index is 2180. The number of aliphatic hydroxyl groups is 6. The van der Waals surface area contributed by atoms with Crippen molar-refractivity contribution in [2.75, 3.05) is 20.3 Å². The molecule has 11 N–H and O–H groups in total. The quantitative estimate of drug-likeness (QED) is 0.0505. The van der Waals surface area contributed by atoms with Gasteiger partial charge >= 0.3 is 5.97 Å². The van der Waals surface area contributed by atoms with Crippen LogP contribution < -0.4 is 14.9 Å². The highest BCUT2D eigenvalue weighted by atomic mass is 16.8. The van der Waals surface area contributed by atoms with Gasteiger partial charge in [0.25, 0.3) is 0 Å². The summed E-state index contributed by atoms with van der Waals surface area (Å²) >= 11 is 0. The van der Waals surface area contributed by atoms with Crippen LogP contribution in [0.4, 0.5) is 0 Å². The largest absolute Gasteiger partial charge is 0.508 e. The topological polar surface area (TPSA) is 325 Å². The molecule has 2 fully saturated rings. The summed E-state index contributed by atoms with van der Waals surface area (Å²) in [5.41, 5.74) is -1.12. The molecule has 0 spiro atoms. The zero-order valence-electron chi connectivity index (χ0n) is 29.6. The lowest BCUT2D eigenvalue weighted by Crippen LogP contribution is -2.65. The van der Waals surface area contributed by atoms with Crippen LogP contribution >= 0.6 is 0 Å². The first-order valence-electron chi connectivity index (χ1n) is 17.0. The summed E-state index contributed by atoms with van der Waals surface area (Å²) in [5.74, 6) is -4.65. The second kappa shape index (κ2) is 16.8. The van der Waals surface area contributed by atoms with Crippen LogP contribution in [0.15, 0.2) is 63.8 Å². The zero-order valence-corrected chi connectivity index (χ0v) is 29.6. The number of carbonyl (C=O) groups excluding carboxylic acids is 1. The second-order valence-corrected chi connectivity index (χ2v) is 13.0. The van der Waals surface area contributed by atoms with Crippen molar-refractivity contribution in [2.24, 2.45) is 0 Å². The van der Waals surface area contributed by atoms with E-state index in [4.69, 9.17) is 32.8 Å². The van der Waals surface area contributed by atoms with E-state index in [0.717, 1.165) is 30.3 Å². The Kier molecular flexibility index (Phi) is 12.1. The van der Waals surface area contributed by atoms with Crippen molar-refractivity contribution in [3.8, 4) is 51.6 Å². The number of hydrogen-bond donors (Lipinski definition) is 11. The van der Waals surface area contributed by atoms with Gasteiger partial charge in [0.2, 0.25) is 17.5 Å². The van der Waals surface area contributed by atoms with Gasteiger partial charge in [-0.2, -0.15) is 0 Å². The van der Waals surface area contributed by atoms with E-state index in [0.29, 0.717) is 5.56 Å². The Balaban J connectivity index is 1.28. The number of phenolic OH excluding ortho intramolecular Hbond substituents is 5. The standard InChI is InChI=1S/C37H38O20/c1-51-21-8-14(2-5-18(21)41)3-7-25(44)52-13-24-28(46)30(48)32(50)36(55-24)57-35-31(49)27(45)23(12-38)54-37(35)56-34-29(47)26-20(43)10-16(39)11-22(26)53-33(34)15-4-6-17(40)19(42)9-15/h2-11,23-24,27-28,30-32,35-43,45-46,48-50H,12-13H2,1H3/b7-3-/t23-,24-,27-,28+,30-,31+,32+,35-,36-,37+/m0/s1. The van der Waals surface area contributed by atoms with Gasteiger partial charge in [-0.05, 0) is 42.0 Å². The fourth-order valence-electron chi connectivity index (χ4n) is 6.14. The number of esters is 1. The van der Waals surface area contributed by atoms with Crippen molar-refractivity contribution in [2.45, 2.75) is 61.4 Å². The van der Waals surface area contributed by atoms with E-state index < -0.39 is 126 Å². The van der Waals surface area contributed by atoms with Gasteiger partial charge in [-0.3, -0.25) is 4.79 Å². The molecule has 2 aliphatic heterocycles. The number of carbonyl (C=O) groups is 1. The molecule has 10 atom stereocenters. The Morgan fingerprint density at radius 1 is 0.772 bits per heavy atom. The number of ether oxygens (including phenoxy) is 6. The number of fused-ring (bicyclic) bond motifs is 1. The molecule has 6 rings (SSSR count). The lowest BCUT2D eigenvalue weighted by atomic mass is 9.97. The van der Waals surface area contributed by atoms with Crippen LogP contribution in [-0.4, -0.2) is 144 Å². The third kappa shape index (κ3) is 8.39. The van der Waals surface area contributed by atoms with E-state index in [1.54, 1.807) is 0 Å². The van der Waals surface area contributed by atoms with Crippen molar-refractivity contribution in [3.63, 3.8) is 0 Å². The van der Waals surface area contributed by atoms with Crippen LogP contribution in [0.5, 0.6) is 40.2 Å². The summed E-state index contributed by atoms with van der Waals surface area (Å²) in [6.45, 7) is -1.63. The van der Waals surface area contributed by atoms with Gasteiger partial charge in [-0.1, -0.05) is 6.07 Å². The van der Waals surface area contributed by atoms with Crippen LogP contribution in [0.2, 0.25) is 0 Å². The molecule has 20 nitrogen and oxygen atoms in total. The SMILES string of the molecule is COc1cc(/C=C\C(=O)OC[C@@H]2O[C@@H](O[C@@H]3[C@@H](Oc4c(-c5ccc(O)c(O)c5)oc5cc(O)cc(O)c5c4=O)O[C@@H](CO)[C@H](O)[C@H]3O)[C@H](O)[C@@H](O)[C@@H]2O)ccc1O. The van der Waals surface area contributed by atoms with E-state index in [2.05, 4.69) is 0 Å². The molecule has 2 saturated heterocycles. The van der Waals surface area contributed by atoms with E-state index in [-0.39, 0.29) is 22.6 Å². The average Bonchev–Trinajstić information content (AvgIpc) is 3.18. The Morgan fingerprint density at radius 3 is 2.18 bits per heavy atom. The predicted octanol–water partition coefficient (Wildman–Crippen LogP) is -0.736. The van der Waals surface area contributed by atoms with Gasteiger partial charge in [0, 0.05) is 23.8 Å². The molecule has 20 heteroatoms. The molecule has 4 aromatic rings.